The predicted octanol–water partition coefficient (Wildman–Crippen LogP) is 8.87. The van der Waals surface area contributed by atoms with Gasteiger partial charge < -0.3 is 14.2 Å². The number of aromatic nitrogens is 1. The zero-order valence-corrected chi connectivity index (χ0v) is 20.8. The monoisotopic (exact) mass is 524 g/mol. The Balaban J connectivity index is 1.19. The number of carbonyl (C=O) groups is 1. The lowest BCUT2D eigenvalue weighted by atomic mass is 10.0. The molecule has 0 spiro atoms. The van der Waals surface area contributed by atoms with Crippen molar-refractivity contribution in [1.82, 2.24) is 4.98 Å². The van der Waals surface area contributed by atoms with Crippen LogP contribution in [0.5, 0.6) is 0 Å². The van der Waals surface area contributed by atoms with E-state index in [0.29, 0.717) is 44.2 Å². The second-order valence-corrected chi connectivity index (χ2v) is 9.22. The van der Waals surface area contributed by atoms with Gasteiger partial charge in [-0.25, -0.2) is 4.98 Å². The minimum absolute atomic E-state index is 0.295. The van der Waals surface area contributed by atoms with E-state index < -0.39 is 0 Å². The van der Waals surface area contributed by atoms with E-state index in [9.17, 15) is 4.79 Å². The molecular weight excluding hydrogens is 507 g/mol. The Hall–Kier alpha value is -4.32. The molecule has 6 rings (SSSR count). The van der Waals surface area contributed by atoms with Crippen LogP contribution in [0.4, 0.5) is 5.69 Å². The highest BCUT2D eigenvalue weighted by Gasteiger charge is 2.13. The lowest BCUT2D eigenvalue weighted by Gasteiger charge is -2.04. The summed E-state index contributed by atoms with van der Waals surface area (Å²) in [5, 5.41) is 6.07. The Morgan fingerprint density at radius 2 is 1.65 bits per heavy atom. The number of nitrogens with one attached hydrogen (secondary N) is 1. The number of rotatable bonds is 5. The first-order valence-electron chi connectivity index (χ1n) is 11.5. The van der Waals surface area contributed by atoms with Crippen LogP contribution < -0.4 is 5.32 Å². The van der Waals surface area contributed by atoms with E-state index in [1.807, 2.05) is 54.6 Å². The Morgan fingerprint density at radius 1 is 0.838 bits per heavy atom. The zero-order valence-electron chi connectivity index (χ0n) is 19.2. The lowest BCUT2D eigenvalue weighted by Crippen LogP contribution is -2.07. The summed E-state index contributed by atoms with van der Waals surface area (Å²) in [6.07, 6.45) is 3.04. The number of amides is 1. The van der Waals surface area contributed by atoms with Crippen LogP contribution in [0, 0.1) is 0 Å². The van der Waals surface area contributed by atoms with Crippen molar-refractivity contribution in [3.05, 3.63) is 113 Å². The summed E-state index contributed by atoms with van der Waals surface area (Å²) in [6, 6.07) is 27.9. The fourth-order valence-electron chi connectivity index (χ4n) is 4.13. The molecule has 2 heterocycles. The van der Waals surface area contributed by atoms with Crippen LogP contribution in [0.15, 0.2) is 106 Å². The van der Waals surface area contributed by atoms with Crippen molar-refractivity contribution >= 4 is 62.7 Å². The first kappa shape index (κ1) is 23.1. The highest BCUT2D eigenvalue weighted by atomic mass is 35.5. The Labute approximate surface area is 221 Å². The van der Waals surface area contributed by atoms with Gasteiger partial charge in [0.1, 0.15) is 17.0 Å². The number of oxazole rings is 1. The van der Waals surface area contributed by atoms with Gasteiger partial charge in [0.25, 0.3) is 0 Å². The van der Waals surface area contributed by atoms with Gasteiger partial charge in [0.05, 0.1) is 0 Å². The second-order valence-electron chi connectivity index (χ2n) is 8.37. The highest BCUT2D eigenvalue weighted by Crippen LogP contribution is 2.34. The topological polar surface area (TPSA) is 68.3 Å². The maximum absolute atomic E-state index is 12.5. The Morgan fingerprint density at radius 3 is 2.51 bits per heavy atom. The minimum atomic E-state index is -0.295. The summed E-state index contributed by atoms with van der Waals surface area (Å²) in [5.74, 6) is 1.45. The third kappa shape index (κ3) is 4.75. The molecule has 1 N–H and O–H groups in total. The molecule has 0 saturated carbocycles. The molecule has 0 atom stereocenters. The third-order valence-corrected chi connectivity index (χ3v) is 6.49. The standard InChI is InChI=1S/C30H18Cl2N2O3/c31-19-9-7-18(8-10-19)27-15-12-21(36-27)13-16-29(35)33-20-11-14-28-26(17-20)34-30(37-28)24-5-1-4-23-22(24)3-2-6-25(23)32/h1-17H,(H,33,35)/b16-13+. The normalized spacial score (nSPS) is 11.5. The highest BCUT2D eigenvalue weighted by molar-refractivity contribution is 6.35. The number of hydrogen-bond acceptors (Lipinski definition) is 4. The molecule has 37 heavy (non-hydrogen) atoms. The molecule has 6 aromatic rings. The lowest BCUT2D eigenvalue weighted by molar-refractivity contribution is -0.111. The van der Waals surface area contributed by atoms with Crippen molar-refractivity contribution in [3.63, 3.8) is 0 Å². The van der Waals surface area contributed by atoms with E-state index >= 15 is 0 Å². The molecule has 4 aromatic carbocycles. The summed E-state index contributed by atoms with van der Waals surface area (Å²) in [7, 11) is 0. The molecule has 0 aliphatic heterocycles. The van der Waals surface area contributed by atoms with Gasteiger partial charge >= 0.3 is 0 Å². The van der Waals surface area contributed by atoms with Crippen molar-refractivity contribution < 1.29 is 13.6 Å². The van der Waals surface area contributed by atoms with Crippen LogP contribution in [-0.4, -0.2) is 10.9 Å². The molecule has 0 bridgehead atoms. The van der Waals surface area contributed by atoms with E-state index in [2.05, 4.69) is 10.3 Å². The quantitative estimate of drug-likeness (QED) is 0.228. The number of anilines is 1. The number of benzene rings is 4. The number of furan rings is 1. The molecule has 7 heteroatoms. The first-order chi connectivity index (χ1) is 18.0. The van der Waals surface area contributed by atoms with Gasteiger partial charge in [-0.3, -0.25) is 4.79 Å². The summed E-state index contributed by atoms with van der Waals surface area (Å²) in [6.45, 7) is 0. The van der Waals surface area contributed by atoms with Crippen molar-refractivity contribution in [2.75, 3.05) is 5.32 Å². The summed E-state index contributed by atoms with van der Waals surface area (Å²) < 4.78 is 11.8. The van der Waals surface area contributed by atoms with E-state index in [1.165, 1.54) is 6.08 Å². The van der Waals surface area contributed by atoms with Gasteiger partial charge in [0.2, 0.25) is 11.8 Å². The minimum Gasteiger partial charge on any atom is -0.457 e. The maximum atomic E-state index is 12.5. The van der Waals surface area contributed by atoms with Crippen LogP contribution >= 0.6 is 23.2 Å². The second kappa shape index (κ2) is 9.62. The van der Waals surface area contributed by atoms with Crippen molar-refractivity contribution in [2.24, 2.45) is 0 Å². The van der Waals surface area contributed by atoms with E-state index in [1.54, 1.807) is 42.5 Å². The molecule has 5 nitrogen and oxygen atoms in total. The van der Waals surface area contributed by atoms with Gasteiger partial charge in [0, 0.05) is 38.3 Å². The van der Waals surface area contributed by atoms with Crippen LogP contribution in [0.1, 0.15) is 5.76 Å². The number of fused-ring (bicyclic) bond motifs is 2. The zero-order chi connectivity index (χ0) is 25.4. The molecule has 0 aliphatic carbocycles. The smallest absolute Gasteiger partial charge is 0.248 e. The van der Waals surface area contributed by atoms with E-state index in [4.69, 9.17) is 32.0 Å². The average molecular weight is 525 g/mol. The van der Waals surface area contributed by atoms with Crippen molar-refractivity contribution in [3.8, 4) is 22.8 Å². The molecule has 0 aliphatic rings. The molecule has 2 aromatic heterocycles. The average Bonchev–Trinajstić information content (AvgIpc) is 3.55. The molecular formula is C30H18Cl2N2O3. The largest absolute Gasteiger partial charge is 0.457 e. The van der Waals surface area contributed by atoms with Gasteiger partial charge in [-0.1, -0.05) is 47.5 Å². The van der Waals surface area contributed by atoms with Gasteiger partial charge in [0.15, 0.2) is 5.58 Å². The predicted molar refractivity (Wildman–Crippen MR) is 149 cm³/mol. The molecule has 0 saturated heterocycles. The summed E-state index contributed by atoms with van der Waals surface area (Å²) >= 11 is 12.3. The Bertz CT molecular complexity index is 1800. The fraction of sp³-hybridized carbons (Fsp3) is 0. The third-order valence-electron chi connectivity index (χ3n) is 5.91. The van der Waals surface area contributed by atoms with Gasteiger partial charge in [-0.15, -0.1) is 0 Å². The number of carbonyl (C=O) groups excluding carboxylic acids is 1. The van der Waals surface area contributed by atoms with Crippen LogP contribution in [0.25, 0.3) is 50.7 Å². The SMILES string of the molecule is O=C(/C=C/c1ccc(-c2ccc(Cl)cc2)o1)Nc1ccc2oc(-c3cccc4c(Cl)cccc34)nc2c1. The summed E-state index contributed by atoms with van der Waals surface area (Å²) in [4.78, 5) is 17.2. The van der Waals surface area contributed by atoms with E-state index in [0.717, 1.165) is 21.9 Å². The van der Waals surface area contributed by atoms with Gasteiger partial charge in [-0.05, 0) is 78.2 Å². The molecule has 0 unspecified atom stereocenters. The molecule has 0 radical (unpaired) electrons. The van der Waals surface area contributed by atoms with Crippen LogP contribution in [-0.2, 0) is 4.79 Å². The molecule has 180 valence electrons. The first-order valence-corrected chi connectivity index (χ1v) is 12.2. The van der Waals surface area contributed by atoms with Crippen molar-refractivity contribution in [2.45, 2.75) is 0 Å². The van der Waals surface area contributed by atoms with Crippen LogP contribution in [0.3, 0.4) is 0 Å². The Kier molecular flexibility index (Phi) is 6.01. The molecule has 1 amide bonds. The van der Waals surface area contributed by atoms with Crippen LogP contribution in [0.2, 0.25) is 10.0 Å². The number of halogens is 2. The number of hydrogen-bond donors (Lipinski definition) is 1. The summed E-state index contributed by atoms with van der Waals surface area (Å²) in [5.41, 5.74) is 3.60. The molecule has 0 fully saturated rings. The number of nitrogens with zero attached hydrogens (tertiary/aromatic N) is 1. The van der Waals surface area contributed by atoms with Crippen molar-refractivity contribution in [1.29, 1.82) is 0 Å². The van der Waals surface area contributed by atoms with E-state index in [-0.39, 0.29) is 5.91 Å². The van der Waals surface area contributed by atoms with Gasteiger partial charge in [-0.2, -0.15) is 0 Å². The fourth-order valence-corrected chi connectivity index (χ4v) is 4.50. The maximum Gasteiger partial charge on any atom is 0.248 e.